The summed E-state index contributed by atoms with van der Waals surface area (Å²) in [4.78, 5) is 0. The van der Waals surface area contributed by atoms with E-state index in [4.69, 9.17) is 16.2 Å². The van der Waals surface area contributed by atoms with Crippen molar-refractivity contribution in [1.82, 2.24) is 0 Å². The van der Waals surface area contributed by atoms with Crippen LogP contribution in [0.1, 0.15) is 213 Å². The van der Waals surface area contributed by atoms with Crippen LogP contribution in [0.5, 0.6) is 0 Å². The molecule has 3 atom stereocenters. The summed E-state index contributed by atoms with van der Waals surface area (Å²) in [5.41, 5.74) is 12.0. The lowest BCUT2D eigenvalue weighted by molar-refractivity contribution is 0.0870. The molecule has 0 aliphatic carbocycles. The average Bonchev–Trinajstić information content (AvgIpc) is 2.97. The molecule has 0 aromatic rings. The first-order valence-electron chi connectivity index (χ1n) is 19.2. The van der Waals surface area contributed by atoms with Gasteiger partial charge in [-0.2, -0.15) is 0 Å². The molecule has 0 rings (SSSR count). The van der Waals surface area contributed by atoms with Gasteiger partial charge in [-0.15, -0.1) is 0 Å². The summed E-state index contributed by atoms with van der Waals surface area (Å²) in [6.07, 6.45) is 42.0. The first kappa shape index (κ1) is 40.9. The van der Waals surface area contributed by atoms with Crippen LogP contribution >= 0.6 is 0 Å². The highest BCUT2D eigenvalue weighted by Gasteiger charge is 2.11. The minimum Gasteiger partial charge on any atom is -0.381 e. The summed E-state index contributed by atoms with van der Waals surface area (Å²) >= 11 is 0. The van der Waals surface area contributed by atoms with Gasteiger partial charge in [0.15, 0.2) is 0 Å². The molecule has 0 aliphatic heterocycles. The Morgan fingerprint density at radius 1 is 0.415 bits per heavy atom. The number of rotatable bonds is 35. The lowest BCUT2D eigenvalue weighted by atomic mass is 9.94. The maximum atomic E-state index is 6.16. The van der Waals surface area contributed by atoms with Gasteiger partial charge in [0.1, 0.15) is 0 Å². The van der Waals surface area contributed by atoms with Gasteiger partial charge in [-0.3, -0.25) is 0 Å². The molecule has 0 amide bonds. The van der Waals surface area contributed by atoms with Crippen molar-refractivity contribution in [1.29, 1.82) is 0 Å². The van der Waals surface area contributed by atoms with E-state index in [1.165, 1.54) is 180 Å². The molecule has 0 bridgehead atoms. The smallest absolute Gasteiger partial charge is 0.0494 e. The van der Waals surface area contributed by atoms with Crippen LogP contribution in [0.3, 0.4) is 0 Å². The molecule has 0 radical (unpaired) electrons. The molecule has 0 aromatic carbocycles. The van der Waals surface area contributed by atoms with Gasteiger partial charge in [0, 0.05) is 25.3 Å². The van der Waals surface area contributed by atoms with Gasteiger partial charge in [-0.05, 0) is 38.5 Å². The number of hydrogen-bond donors (Lipinski definition) is 2. The molecular weight excluding hydrogens is 500 g/mol. The van der Waals surface area contributed by atoms with Crippen molar-refractivity contribution in [3.63, 3.8) is 0 Å². The second kappa shape index (κ2) is 34.4. The quantitative estimate of drug-likeness (QED) is 0.0733. The Balaban J connectivity index is 3.89. The molecule has 0 aromatic heterocycles. The Bertz CT molecular complexity index is 469. The van der Waals surface area contributed by atoms with E-state index in [-0.39, 0.29) is 12.1 Å². The predicted octanol–water partition coefficient (Wildman–Crippen LogP) is 12.0. The first-order valence-corrected chi connectivity index (χ1v) is 19.2. The molecule has 3 unspecified atom stereocenters. The third kappa shape index (κ3) is 32.6. The Morgan fingerprint density at radius 3 is 1.05 bits per heavy atom. The van der Waals surface area contributed by atoms with Gasteiger partial charge in [0.05, 0.1) is 0 Å². The zero-order valence-electron chi connectivity index (χ0n) is 28.9. The van der Waals surface area contributed by atoms with Gasteiger partial charge >= 0.3 is 0 Å². The van der Waals surface area contributed by atoms with Crippen molar-refractivity contribution in [2.75, 3.05) is 13.2 Å². The molecule has 3 heteroatoms. The molecular formula is C38H80N2O. The van der Waals surface area contributed by atoms with E-state index < -0.39 is 0 Å². The Labute approximate surface area is 260 Å². The van der Waals surface area contributed by atoms with Crippen molar-refractivity contribution in [2.45, 2.75) is 225 Å². The Kier molecular flexibility index (Phi) is 34.3. The number of hydrogen-bond acceptors (Lipinski definition) is 3. The summed E-state index contributed by atoms with van der Waals surface area (Å²) in [5, 5.41) is 0. The van der Waals surface area contributed by atoms with Crippen molar-refractivity contribution in [3.05, 3.63) is 0 Å². The van der Waals surface area contributed by atoms with Crippen molar-refractivity contribution in [3.8, 4) is 0 Å². The highest BCUT2D eigenvalue weighted by molar-refractivity contribution is 4.70. The van der Waals surface area contributed by atoms with Crippen LogP contribution in [0.2, 0.25) is 0 Å². The van der Waals surface area contributed by atoms with Gasteiger partial charge in [-0.1, -0.05) is 181 Å². The fourth-order valence-corrected chi connectivity index (χ4v) is 6.15. The zero-order chi connectivity index (χ0) is 30.1. The van der Waals surface area contributed by atoms with E-state index in [2.05, 4.69) is 13.8 Å². The van der Waals surface area contributed by atoms with Crippen LogP contribution in [-0.4, -0.2) is 25.3 Å². The third-order valence-corrected chi connectivity index (χ3v) is 9.29. The highest BCUT2D eigenvalue weighted by Crippen LogP contribution is 2.21. The fourth-order valence-electron chi connectivity index (χ4n) is 6.15. The number of unbranched alkanes of at least 4 members (excludes halogenated alkanes) is 24. The first-order chi connectivity index (χ1) is 20.1. The SMILES string of the molecule is CCCCCCCCCCCCCCCCC(CCCCCCCCCCCCCC)COCCCC(N)C(C)N. The predicted molar refractivity (Wildman–Crippen MR) is 186 cm³/mol. The topological polar surface area (TPSA) is 61.3 Å². The largest absolute Gasteiger partial charge is 0.381 e. The van der Waals surface area contributed by atoms with Crippen molar-refractivity contribution >= 4 is 0 Å². The van der Waals surface area contributed by atoms with Crippen LogP contribution in [-0.2, 0) is 4.74 Å². The molecule has 4 N–H and O–H groups in total. The van der Waals surface area contributed by atoms with Gasteiger partial charge < -0.3 is 16.2 Å². The molecule has 0 fully saturated rings. The third-order valence-electron chi connectivity index (χ3n) is 9.29. The number of nitrogens with two attached hydrogens (primary N) is 2. The summed E-state index contributed by atoms with van der Waals surface area (Å²) in [5.74, 6) is 0.748. The van der Waals surface area contributed by atoms with E-state index in [0.29, 0.717) is 0 Å². The lowest BCUT2D eigenvalue weighted by Gasteiger charge is -2.18. The Hall–Kier alpha value is -0.120. The van der Waals surface area contributed by atoms with Crippen molar-refractivity contribution in [2.24, 2.45) is 17.4 Å². The summed E-state index contributed by atoms with van der Waals surface area (Å²) in [6.45, 7) is 8.40. The van der Waals surface area contributed by atoms with Crippen LogP contribution in [0.15, 0.2) is 0 Å². The molecule has 0 aliphatic rings. The maximum Gasteiger partial charge on any atom is 0.0494 e. The normalized spacial score (nSPS) is 14.0. The Morgan fingerprint density at radius 2 is 0.732 bits per heavy atom. The van der Waals surface area contributed by atoms with Gasteiger partial charge in [0.25, 0.3) is 0 Å². The standard InChI is InChI=1S/C38H80N2O/c1-4-6-8-10-12-14-16-18-19-21-23-25-27-29-32-37(35-41-34-30-33-38(40)36(3)39)31-28-26-24-22-20-17-15-13-11-9-7-5-2/h36-38H,4-35,39-40H2,1-3H3. The van der Waals surface area contributed by atoms with Crippen LogP contribution in [0.25, 0.3) is 0 Å². The fraction of sp³-hybridized carbons (Fsp3) is 1.00. The number of ether oxygens (including phenoxy) is 1. The van der Waals surface area contributed by atoms with Crippen LogP contribution < -0.4 is 11.5 Å². The van der Waals surface area contributed by atoms with E-state index in [0.717, 1.165) is 32.0 Å². The minimum atomic E-state index is 0.0777. The molecule has 0 saturated carbocycles. The molecule has 0 heterocycles. The van der Waals surface area contributed by atoms with E-state index in [9.17, 15) is 0 Å². The van der Waals surface area contributed by atoms with Crippen molar-refractivity contribution < 1.29 is 4.74 Å². The molecule has 0 spiro atoms. The molecule has 0 saturated heterocycles. The van der Waals surface area contributed by atoms with E-state index in [1.54, 1.807) is 0 Å². The van der Waals surface area contributed by atoms with Gasteiger partial charge in [0.2, 0.25) is 0 Å². The van der Waals surface area contributed by atoms with Gasteiger partial charge in [-0.25, -0.2) is 0 Å². The van der Waals surface area contributed by atoms with Crippen LogP contribution in [0.4, 0.5) is 0 Å². The minimum absolute atomic E-state index is 0.0777. The molecule has 3 nitrogen and oxygen atoms in total. The maximum absolute atomic E-state index is 6.16. The summed E-state index contributed by atoms with van der Waals surface area (Å²) in [7, 11) is 0. The highest BCUT2D eigenvalue weighted by atomic mass is 16.5. The average molecular weight is 581 g/mol. The molecule has 41 heavy (non-hydrogen) atoms. The van der Waals surface area contributed by atoms with E-state index in [1.807, 2.05) is 6.92 Å². The second-order valence-electron chi connectivity index (χ2n) is 13.7. The summed E-state index contributed by atoms with van der Waals surface area (Å²) < 4.78 is 6.16. The second-order valence-corrected chi connectivity index (χ2v) is 13.7. The van der Waals surface area contributed by atoms with E-state index >= 15 is 0 Å². The molecule has 248 valence electrons. The monoisotopic (exact) mass is 581 g/mol. The summed E-state index contributed by atoms with van der Waals surface area (Å²) in [6, 6.07) is 0.180. The zero-order valence-corrected chi connectivity index (χ0v) is 28.9. The van der Waals surface area contributed by atoms with Crippen LogP contribution in [0, 0.1) is 5.92 Å². The lowest BCUT2D eigenvalue weighted by Crippen LogP contribution is -2.38.